The second-order valence-electron chi connectivity index (χ2n) is 12.6. The Balaban J connectivity index is 1.24. The van der Waals surface area contributed by atoms with Gasteiger partial charge in [-0.25, -0.2) is 19.9 Å². The molecule has 0 aliphatic heterocycles. The van der Waals surface area contributed by atoms with E-state index < -0.39 is 0 Å². The van der Waals surface area contributed by atoms with Crippen LogP contribution >= 0.6 is 0 Å². The van der Waals surface area contributed by atoms with E-state index in [4.69, 9.17) is 19.9 Å². The molecule has 0 amide bonds. The predicted molar refractivity (Wildman–Crippen MR) is 216 cm³/mol. The number of benzene rings is 6. The molecule has 6 aromatic carbocycles. The first-order valence-corrected chi connectivity index (χ1v) is 17.5. The first-order chi connectivity index (χ1) is 25.7. The van der Waals surface area contributed by atoms with Crippen molar-refractivity contribution in [1.82, 2.24) is 19.9 Å². The minimum absolute atomic E-state index is 0.665. The van der Waals surface area contributed by atoms with Crippen molar-refractivity contribution in [3.8, 4) is 67.5 Å². The van der Waals surface area contributed by atoms with Crippen molar-refractivity contribution in [1.29, 1.82) is 0 Å². The number of rotatable bonds is 8. The van der Waals surface area contributed by atoms with Crippen LogP contribution in [0, 0.1) is 0 Å². The third-order valence-electron chi connectivity index (χ3n) is 9.21. The van der Waals surface area contributed by atoms with E-state index in [2.05, 4.69) is 146 Å². The highest BCUT2D eigenvalue weighted by Crippen LogP contribution is 2.33. The SMILES string of the molecule is C/C=C\C(=C/C)c1nc(-c2cccc(-c3cc(-c4ccc(-c5ccccc5)cc4)nc(-c4ccc(-c5ccccc5)cc4)n3)c2)nc2ccccc12. The molecule has 8 rings (SSSR count). The van der Waals surface area contributed by atoms with E-state index in [-0.39, 0.29) is 0 Å². The van der Waals surface area contributed by atoms with Gasteiger partial charge in [0.25, 0.3) is 0 Å². The monoisotopic (exact) mass is 668 g/mol. The number of aromatic nitrogens is 4. The topological polar surface area (TPSA) is 51.6 Å². The number of fused-ring (bicyclic) bond motifs is 1. The number of allylic oxidation sites excluding steroid dienone is 4. The maximum atomic E-state index is 5.16. The molecule has 8 aromatic rings. The summed E-state index contributed by atoms with van der Waals surface area (Å²) in [5, 5.41) is 1.02. The molecular weight excluding hydrogens is 633 g/mol. The summed E-state index contributed by atoms with van der Waals surface area (Å²) in [5.74, 6) is 1.33. The van der Waals surface area contributed by atoms with E-state index in [0.717, 1.165) is 66.9 Å². The molecule has 0 N–H and O–H groups in total. The van der Waals surface area contributed by atoms with Crippen molar-refractivity contribution in [2.24, 2.45) is 0 Å². The molecule has 0 aliphatic carbocycles. The fourth-order valence-electron chi connectivity index (χ4n) is 6.51. The first kappa shape index (κ1) is 32.4. The zero-order chi connectivity index (χ0) is 35.3. The van der Waals surface area contributed by atoms with Crippen LogP contribution in [-0.2, 0) is 0 Å². The van der Waals surface area contributed by atoms with Gasteiger partial charge in [0.2, 0.25) is 0 Å². The van der Waals surface area contributed by atoms with Crippen LogP contribution < -0.4 is 0 Å². The van der Waals surface area contributed by atoms with Gasteiger partial charge in [-0.3, -0.25) is 0 Å². The molecule has 52 heavy (non-hydrogen) atoms. The maximum absolute atomic E-state index is 5.16. The van der Waals surface area contributed by atoms with E-state index in [1.165, 1.54) is 11.1 Å². The van der Waals surface area contributed by atoms with Crippen molar-refractivity contribution in [3.63, 3.8) is 0 Å². The number of para-hydroxylation sites is 1. The third kappa shape index (κ3) is 6.70. The Labute approximate surface area is 304 Å². The Morgan fingerprint density at radius 1 is 0.404 bits per heavy atom. The van der Waals surface area contributed by atoms with Gasteiger partial charge >= 0.3 is 0 Å². The average molecular weight is 669 g/mol. The second-order valence-corrected chi connectivity index (χ2v) is 12.6. The van der Waals surface area contributed by atoms with Crippen molar-refractivity contribution in [3.05, 3.63) is 188 Å². The molecule has 0 saturated carbocycles. The highest BCUT2D eigenvalue weighted by molar-refractivity contribution is 5.93. The summed E-state index contributed by atoms with van der Waals surface area (Å²) in [6.07, 6.45) is 6.23. The molecule has 4 nitrogen and oxygen atoms in total. The van der Waals surface area contributed by atoms with E-state index in [1.807, 2.05) is 50.3 Å². The molecule has 0 aliphatic rings. The summed E-state index contributed by atoms with van der Waals surface area (Å²) < 4.78 is 0. The van der Waals surface area contributed by atoms with E-state index in [9.17, 15) is 0 Å². The molecular formula is C48H36N4. The van der Waals surface area contributed by atoms with E-state index >= 15 is 0 Å². The average Bonchev–Trinajstić information content (AvgIpc) is 3.23. The van der Waals surface area contributed by atoms with Gasteiger partial charge in [-0.05, 0) is 59.9 Å². The van der Waals surface area contributed by atoms with Gasteiger partial charge in [0.1, 0.15) is 0 Å². The molecule has 248 valence electrons. The van der Waals surface area contributed by atoms with Crippen molar-refractivity contribution < 1.29 is 0 Å². The lowest BCUT2D eigenvalue weighted by molar-refractivity contribution is 1.18. The van der Waals surface area contributed by atoms with Gasteiger partial charge in [0.15, 0.2) is 11.6 Å². The molecule has 0 unspecified atom stereocenters. The predicted octanol–water partition coefficient (Wildman–Crippen LogP) is 12.4. The largest absolute Gasteiger partial charge is 0.228 e. The summed E-state index contributed by atoms with van der Waals surface area (Å²) in [4.78, 5) is 20.4. The molecule has 0 spiro atoms. The van der Waals surface area contributed by atoms with Crippen molar-refractivity contribution in [2.45, 2.75) is 13.8 Å². The molecule has 2 aromatic heterocycles. The van der Waals surface area contributed by atoms with Crippen LogP contribution in [0.25, 0.3) is 84.0 Å². The highest BCUT2D eigenvalue weighted by Gasteiger charge is 2.15. The van der Waals surface area contributed by atoms with Crippen molar-refractivity contribution in [2.75, 3.05) is 0 Å². The fourth-order valence-corrected chi connectivity index (χ4v) is 6.51. The number of nitrogens with zero attached hydrogens (tertiary/aromatic N) is 4. The van der Waals surface area contributed by atoms with Gasteiger partial charge in [-0.15, -0.1) is 0 Å². The van der Waals surface area contributed by atoms with Crippen LogP contribution in [-0.4, -0.2) is 19.9 Å². The van der Waals surface area contributed by atoms with E-state index in [1.54, 1.807) is 0 Å². The van der Waals surface area contributed by atoms with Gasteiger partial charge in [-0.1, -0.05) is 164 Å². The lowest BCUT2D eigenvalue weighted by Crippen LogP contribution is -1.98. The lowest BCUT2D eigenvalue weighted by atomic mass is 10.0. The minimum atomic E-state index is 0.665. The number of hydrogen-bond donors (Lipinski definition) is 0. The number of hydrogen-bond acceptors (Lipinski definition) is 4. The summed E-state index contributed by atoms with van der Waals surface area (Å²) in [7, 11) is 0. The third-order valence-corrected chi connectivity index (χ3v) is 9.21. The molecule has 0 fully saturated rings. The van der Waals surface area contributed by atoms with Crippen LogP contribution in [0.2, 0.25) is 0 Å². The van der Waals surface area contributed by atoms with Crippen LogP contribution in [0.4, 0.5) is 0 Å². The maximum Gasteiger partial charge on any atom is 0.160 e. The van der Waals surface area contributed by atoms with Crippen LogP contribution in [0.15, 0.2) is 182 Å². The van der Waals surface area contributed by atoms with Crippen LogP contribution in [0.5, 0.6) is 0 Å². The normalized spacial score (nSPS) is 11.7. The Kier molecular flexibility index (Phi) is 9.10. The highest BCUT2D eigenvalue weighted by atomic mass is 14.9. The second kappa shape index (κ2) is 14.6. The fraction of sp³-hybridized carbons (Fsp3) is 0.0417. The quantitative estimate of drug-likeness (QED) is 0.151. The first-order valence-electron chi connectivity index (χ1n) is 17.5. The summed E-state index contributed by atoms with van der Waals surface area (Å²) in [6.45, 7) is 4.07. The Bertz CT molecular complexity index is 2450. The van der Waals surface area contributed by atoms with Gasteiger partial charge < -0.3 is 0 Å². The van der Waals surface area contributed by atoms with E-state index in [0.29, 0.717) is 11.6 Å². The lowest BCUT2D eigenvalue weighted by Gasteiger charge is -2.12. The molecule has 4 heteroatoms. The molecule has 2 heterocycles. The molecule has 0 radical (unpaired) electrons. The van der Waals surface area contributed by atoms with Crippen LogP contribution in [0.3, 0.4) is 0 Å². The zero-order valence-corrected chi connectivity index (χ0v) is 29.1. The summed E-state index contributed by atoms with van der Waals surface area (Å²) in [5.41, 5.74) is 13.1. The Hall–Kier alpha value is -6.78. The molecule has 0 saturated heterocycles. The smallest absolute Gasteiger partial charge is 0.160 e. The summed E-state index contributed by atoms with van der Waals surface area (Å²) in [6, 6.07) is 56.5. The standard InChI is InChI=1S/C48H36N4/c1-3-14-33(4-2)46-42-21-11-12-22-43(42)49-48(52-46)41-20-13-19-40(31-41)45-32-44(38-27-23-36(24-28-38)34-15-7-5-8-16-34)50-47(51-45)39-29-25-37(26-30-39)35-17-9-6-10-18-35/h3-32H,1-2H3/b14-3-,33-4+. The van der Waals surface area contributed by atoms with Crippen molar-refractivity contribution >= 4 is 16.5 Å². The molecule has 0 bridgehead atoms. The zero-order valence-electron chi connectivity index (χ0n) is 29.1. The minimum Gasteiger partial charge on any atom is -0.228 e. The summed E-state index contributed by atoms with van der Waals surface area (Å²) >= 11 is 0. The Morgan fingerprint density at radius 3 is 1.54 bits per heavy atom. The Morgan fingerprint density at radius 2 is 0.904 bits per heavy atom. The van der Waals surface area contributed by atoms with Crippen LogP contribution in [0.1, 0.15) is 19.5 Å². The molecule has 0 atom stereocenters. The van der Waals surface area contributed by atoms with Gasteiger partial charge in [0.05, 0.1) is 22.6 Å². The van der Waals surface area contributed by atoms with Gasteiger partial charge in [0, 0.05) is 27.6 Å². The van der Waals surface area contributed by atoms with Gasteiger partial charge in [-0.2, -0.15) is 0 Å².